The van der Waals surface area contributed by atoms with Crippen molar-refractivity contribution < 1.29 is 9.47 Å². The van der Waals surface area contributed by atoms with Gasteiger partial charge in [-0.15, -0.1) is 0 Å². The van der Waals surface area contributed by atoms with Crippen LogP contribution in [0.25, 0.3) is 38.0 Å². The third-order valence-electron chi connectivity index (χ3n) is 6.87. The molecule has 4 heterocycles. The molecule has 0 aliphatic carbocycles. The molecular formula is C31H27N7O3S. The number of anilines is 2. The van der Waals surface area contributed by atoms with E-state index in [0.29, 0.717) is 22.3 Å². The van der Waals surface area contributed by atoms with Gasteiger partial charge in [0.25, 0.3) is 10.8 Å². The molecule has 10 nitrogen and oxygen atoms in total. The number of nitrogens with zero attached hydrogens (tertiary/aromatic N) is 5. The van der Waals surface area contributed by atoms with Crippen molar-refractivity contribution in [1.29, 1.82) is 0 Å². The van der Waals surface area contributed by atoms with Crippen LogP contribution in [0.1, 0.15) is 18.7 Å². The monoisotopic (exact) mass is 577 g/mol. The number of nitrogens with two attached hydrogens (primary N) is 1. The number of para-hydroxylation sites is 1. The van der Waals surface area contributed by atoms with E-state index in [9.17, 15) is 4.79 Å². The van der Waals surface area contributed by atoms with Crippen molar-refractivity contribution in [3.8, 4) is 38.3 Å². The fourth-order valence-electron chi connectivity index (χ4n) is 4.92. The summed E-state index contributed by atoms with van der Waals surface area (Å²) >= 11 is 1.37. The van der Waals surface area contributed by atoms with Gasteiger partial charge in [0, 0.05) is 36.0 Å². The first-order valence-electron chi connectivity index (χ1n) is 13.1. The van der Waals surface area contributed by atoms with E-state index in [2.05, 4.69) is 25.3 Å². The average molecular weight is 578 g/mol. The van der Waals surface area contributed by atoms with Gasteiger partial charge in [-0.05, 0) is 47.7 Å². The number of ether oxygens (including phenoxy) is 2. The van der Waals surface area contributed by atoms with Crippen LogP contribution in [0.2, 0.25) is 0 Å². The highest BCUT2D eigenvalue weighted by Crippen LogP contribution is 2.36. The smallest absolute Gasteiger partial charge is 0.273 e. The Balaban J connectivity index is 1.52. The van der Waals surface area contributed by atoms with Crippen LogP contribution < -0.4 is 26.1 Å². The van der Waals surface area contributed by atoms with E-state index in [-0.39, 0.29) is 17.5 Å². The lowest BCUT2D eigenvalue weighted by Crippen LogP contribution is -2.26. The van der Waals surface area contributed by atoms with Crippen LogP contribution in [0.3, 0.4) is 0 Å². The zero-order valence-corrected chi connectivity index (χ0v) is 23.9. The standard InChI is InChI=1S/C31H27N7O3S/c1-18(36-28-23(16-34-30(32)37-28)25-17-35-31(41-3)42-25)24-14-20-8-7-11-22(19-12-13-33-26(15-19)40-2)27(20)29(39)38(24)21-9-5-4-6-10-21/h4-18H,1-3H3,(H3,32,34,36,37). The SMILES string of the molecule is COc1cc(-c2cccc3cc(C(C)Nc4nc(N)ncc4-c4cnc(OC)s4)n(-c4ccccc4)c(=O)c23)ccn1. The largest absolute Gasteiger partial charge is 0.481 e. The molecule has 0 aliphatic heterocycles. The molecular weight excluding hydrogens is 550 g/mol. The Bertz CT molecular complexity index is 1960. The van der Waals surface area contributed by atoms with Gasteiger partial charge in [0.05, 0.1) is 36.1 Å². The van der Waals surface area contributed by atoms with Gasteiger partial charge in [-0.3, -0.25) is 9.36 Å². The van der Waals surface area contributed by atoms with Crippen LogP contribution in [0.5, 0.6) is 11.1 Å². The molecule has 0 radical (unpaired) electrons. The predicted molar refractivity (Wildman–Crippen MR) is 165 cm³/mol. The van der Waals surface area contributed by atoms with Crippen molar-refractivity contribution in [2.24, 2.45) is 0 Å². The van der Waals surface area contributed by atoms with E-state index < -0.39 is 0 Å². The molecule has 1 unspecified atom stereocenters. The number of fused-ring (bicyclic) bond motifs is 1. The van der Waals surface area contributed by atoms with Gasteiger partial charge in [0.2, 0.25) is 11.8 Å². The Morgan fingerprint density at radius 2 is 1.76 bits per heavy atom. The van der Waals surface area contributed by atoms with Crippen molar-refractivity contribution in [3.63, 3.8) is 0 Å². The molecule has 0 amide bonds. The lowest BCUT2D eigenvalue weighted by atomic mass is 9.98. The minimum Gasteiger partial charge on any atom is -0.481 e. The number of pyridine rings is 2. The number of benzene rings is 2. The molecule has 2 aromatic carbocycles. The molecule has 42 heavy (non-hydrogen) atoms. The van der Waals surface area contributed by atoms with Gasteiger partial charge < -0.3 is 20.5 Å². The molecule has 6 aromatic rings. The number of aromatic nitrogens is 5. The number of rotatable bonds is 8. The van der Waals surface area contributed by atoms with E-state index in [4.69, 9.17) is 15.2 Å². The summed E-state index contributed by atoms with van der Waals surface area (Å²) in [5.74, 6) is 1.12. The molecule has 0 saturated heterocycles. The quantitative estimate of drug-likeness (QED) is 0.233. The Morgan fingerprint density at radius 3 is 2.52 bits per heavy atom. The van der Waals surface area contributed by atoms with Crippen LogP contribution in [0.4, 0.5) is 11.8 Å². The first-order chi connectivity index (χ1) is 20.5. The summed E-state index contributed by atoms with van der Waals surface area (Å²) in [4.78, 5) is 32.5. The van der Waals surface area contributed by atoms with Crippen LogP contribution in [-0.2, 0) is 0 Å². The van der Waals surface area contributed by atoms with Gasteiger partial charge in [0.15, 0.2) is 0 Å². The fraction of sp³-hybridized carbons (Fsp3) is 0.129. The van der Waals surface area contributed by atoms with Gasteiger partial charge in [0.1, 0.15) is 5.82 Å². The second-order valence-corrected chi connectivity index (χ2v) is 10.4. The second-order valence-electron chi connectivity index (χ2n) is 9.45. The maximum atomic E-state index is 14.5. The maximum Gasteiger partial charge on any atom is 0.273 e. The van der Waals surface area contributed by atoms with Gasteiger partial charge in [-0.1, -0.05) is 47.7 Å². The molecule has 0 bridgehead atoms. The third-order valence-corrected chi connectivity index (χ3v) is 7.87. The summed E-state index contributed by atoms with van der Waals surface area (Å²) < 4.78 is 12.4. The van der Waals surface area contributed by atoms with E-state index in [1.54, 1.807) is 37.4 Å². The number of nitrogens with one attached hydrogen (secondary N) is 1. The minimum absolute atomic E-state index is 0.126. The zero-order chi connectivity index (χ0) is 29.2. The second kappa shape index (κ2) is 11.3. The van der Waals surface area contributed by atoms with Crippen LogP contribution in [-0.4, -0.2) is 38.7 Å². The lowest BCUT2D eigenvalue weighted by Gasteiger charge is -2.23. The van der Waals surface area contributed by atoms with Crippen LogP contribution in [0.15, 0.2) is 90.1 Å². The van der Waals surface area contributed by atoms with E-state index in [1.165, 1.54) is 11.3 Å². The average Bonchev–Trinajstić information content (AvgIpc) is 3.50. The summed E-state index contributed by atoms with van der Waals surface area (Å²) in [7, 11) is 3.14. The van der Waals surface area contributed by atoms with E-state index in [1.807, 2.05) is 73.7 Å². The number of thiazole rings is 1. The zero-order valence-electron chi connectivity index (χ0n) is 23.1. The van der Waals surface area contributed by atoms with Gasteiger partial charge in [-0.2, -0.15) is 4.98 Å². The van der Waals surface area contributed by atoms with Crippen LogP contribution >= 0.6 is 11.3 Å². The molecule has 0 fully saturated rings. The van der Waals surface area contributed by atoms with Crippen molar-refractivity contribution in [3.05, 3.63) is 101 Å². The summed E-state index contributed by atoms with van der Waals surface area (Å²) in [6.45, 7) is 1.98. The molecule has 6 rings (SSSR count). The Kier molecular flexibility index (Phi) is 7.24. The molecule has 11 heteroatoms. The van der Waals surface area contributed by atoms with Crippen molar-refractivity contribution in [2.75, 3.05) is 25.3 Å². The number of nitrogen functional groups attached to an aromatic ring is 1. The van der Waals surface area contributed by atoms with Gasteiger partial charge in [-0.25, -0.2) is 15.0 Å². The summed E-state index contributed by atoms with van der Waals surface area (Å²) in [6, 6.07) is 20.8. The first kappa shape index (κ1) is 26.9. The maximum absolute atomic E-state index is 14.5. The Morgan fingerprint density at radius 1 is 0.929 bits per heavy atom. The molecule has 0 saturated carbocycles. The summed E-state index contributed by atoms with van der Waals surface area (Å²) in [6.07, 6.45) is 5.04. The molecule has 1 atom stereocenters. The first-order valence-corrected chi connectivity index (χ1v) is 13.9. The highest BCUT2D eigenvalue weighted by molar-refractivity contribution is 7.16. The minimum atomic E-state index is -0.366. The van der Waals surface area contributed by atoms with Crippen LogP contribution in [0, 0.1) is 0 Å². The Labute approximate surface area is 245 Å². The molecule has 210 valence electrons. The number of methoxy groups -OCH3 is 2. The number of hydrogen-bond acceptors (Lipinski definition) is 10. The fourth-order valence-corrected chi connectivity index (χ4v) is 5.66. The van der Waals surface area contributed by atoms with Gasteiger partial charge >= 0.3 is 0 Å². The third kappa shape index (κ3) is 5.01. The Hall–Kier alpha value is -5.29. The topological polar surface area (TPSA) is 130 Å². The molecule has 0 aliphatic rings. The molecule has 0 spiro atoms. The highest BCUT2D eigenvalue weighted by atomic mass is 32.1. The normalized spacial score (nSPS) is 11.8. The predicted octanol–water partition coefficient (Wildman–Crippen LogP) is 5.74. The molecule has 4 aromatic heterocycles. The highest BCUT2D eigenvalue weighted by Gasteiger charge is 2.21. The number of hydrogen-bond donors (Lipinski definition) is 2. The lowest BCUT2D eigenvalue weighted by molar-refractivity contribution is 0.398. The van der Waals surface area contributed by atoms with Crippen molar-refractivity contribution in [1.82, 2.24) is 24.5 Å². The summed E-state index contributed by atoms with van der Waals surface area (Å²) in [5, 5.41) is 5.40. The van der Waals surface area contributed by atoms with E-state index in [0.717, 1.165) is 38.3 Å². The van der Waals surface area contributed by atoms with E-state index >= 15 is 0 Å². The van der Waals surface area contributed by atoms with Crippen molar-refractivity contribution >= 4 is 33.9 Å². The van der Waals surface area contributed by atoms with Crippen molar-refractivity contribution in [2.45, 2.75) is 13.0 Å². The summed E-state index contributed by atoms with van der Waals surface area (Å²) in [5.41, 5.74) is 9.68. The molecule has 3 N–H and O–H groups in total.